The summed E-state index contributed by atoms with van der Waals surface area (Å²) in [6.45, 7) is 4.98. The Labute approximate surface area is 163 Å². The van der Waals surface area contributed by atoms with Crippen molar-refractivity contribution in [1.29, 1.82) is 0 Å². The first-order valence-corrected chi connectivity index (χ1v) is 9.23. The highest BCUT2D eigenvalue weighted by Gasteiger charge is 2.18. The van der Waals surface area contributed by atoms with Crippen molar-refractivity contribution >= 4 is 34.2 Å². The number of carbonyl (C=O) groups is 1. The van der Waals surface area contributed by atoms with Crippen LogP contribution < -0.4 is 10.9 Å². The summed E-state index contributed by atoms with van der Waals surface area (Å²) in [5.41, 5.74) is 1.95. The summed E-state index contributed by atoms with van der Waals surface area (Å²) in [7, 11) is 0. The minimum absolute atomic E-state index is 0.181. The van der Waals surface area contributed by atoms with Crippen LogP contribution in [0.1, 0.15) is 19.4 Å². The number of benzene rings is 2. The van der Waals surface area contributed by atoms with E-state index in [0.29, 0.717) is 23.8 Å². The molecule has 5 nitrogen and oxygen atoms in total. The lowest BCUT2D eigenvalue weighted by molar-refractivity contribution is 0.202. The van der Waals surface area contributed by atoms with Gasteiger partial charge in [0.2, 0.25) is 5.56 Å². The molecule has 1 aromatic heterocycles. The van der Waals surface area contributed by atoms with Crippen molar-refractivity contribution in [3.63, 3.8) is 0 Å². The van der Waals surface area contributed by atoms with Crippen LogP contribution in [0, 0.1) is 5.92 Å². The minimum atomic E-state index is -0.249. The summed E-state index contributed by atoms with van der Waals surface area (Å²) < 4.78 is 0. The summed E-state index contributed by atoms with van der Waals surface area (Å²) in [5.74, 6) is 0.273. The third kappa shape index (κ3) is 4.68. The van der Waals surface area contributed by atoms with Gasteiger partial charge in [-0.25, -0.2) is 4.79 Å². The van der Waals surface area contributed by atoms with Crippen molar-refractivity contribution < 1.29 is 4.79 Å². The van der Waals surface area contributed by atoms with Gasteiger partial charge in [-0.15, -0.1) is 0 Å². The topological polar surface area (TPSA) is 65.2 Å². The normalized spacial score (nSPS) is 11.0. The average Bonchev–Trinajstić information content (AvgIpc) is 2.62. The second-order valence-corrected chi connectivity index (χ2v) is 7.30. The monoisotopic (exact) mass is 383 g/mol. The van der Waals surface area contributed by atoms with Crippen molar-refractivity contribution in [3.8, 4) is 0 Å². The third-order valence-corrected chi connectivity index (χ3v) is 4.52. The largest absolute Gasteiger partial charge is 0.322 e. The summed E-state index contributed by atoms with van der Waals surface area (Å²) >= 11 is 6.16. The fourth-order valence-corrected chi connectivity index (χ4v) is 3.21. The van der Waals surface area contributed by atoms with Gasteiger partial charge in [-0.1, -0.05) is 55.8 Å². The van der Waals surface area contributed by atoms with E-state index in [1.165, 1.54) is 0 Å². The van der Waals surface area contributed by atoms with Gasteiger partial charge < -0.3 is 15.2 Å². The first-order valence-electron chi connectivity index (χ1n) is 8.85. The molecular weight excluding hydrogens is 362 g/mol. The zero-order chi connectivity index (χ0) is 19.4. The molecule has 6 heteroatoms. The lowest BCUT2D eigenvalue weighted by Gasteiger charge is -2.25. The number of nitrogens with one attached hydrogen (secondary N) is 2. The van der Waals surface area contributed by atoms with Gasteiger partial charge in [0.05, 0.1) is 10.7 Å². The Balaban J connectivity index is 1.91. The molecule has 2 aromatic carbocycles. The van der Waals surface area contributed by atoms with Crippen LogP contribution in [0.15, 0.2) is 59.4 Å². The summed E-state index contributed by atoms with van der Waals surface area (Å²) in [4.78, 5) is 29.4. The van der Waals surface area contributed by atoms with Crippen molar-refractivity contribution in [1.82, 2.24) is 9.88 Å². The Morgan fingerprint density at radius 1 is 1.15 bits per heavy atom. The molecule has 0 atom stereocenters. The minimum Gasteiger partial charge on any atom is -0.322 e. The van der Waals surface area contributed by atoms with E-state index in [2.05, 4.69) is 10.3 Å². The van der Waals surface area contributed by atoms with Crippen molar-refractivity contribution in [3.05, 3.63) is 75.5 Å². The van der Waals surface area contributed by atoms with E-state index < -0.39 is 0 Å². The molecule has 0 saturated carbocycles. The maximum absolute atomic E-state index is 12.9. The Hall–Kier alpha value is -2.79. The number of H-pyrrole nitrogens is 1. The molecule has 2 N–H and O–H groups in total. The van der Waals surface area contributed by atoms with E-state index in [-0.39, 0.29) is 17.5 Å². The number of para-hydroxylation sites is 2. The van der Waals surface area contributed by atoms with Crippen LogP contribution in [-0.2, 0) is 6.54 Å². The van der Waals surface area contributed by atoms with E-state index in [1.54, 1.807) is 23.1 Å². The SMILES string of the molecule is CC(C)CN(Cc1cc(=O)[nH]c2ccccc12)C(=O)Nc1ccccc1Cl. The molecule has 27 heavy (non-hydrogen) atoms. The Morgan fingerprint density at radius 2 is 1.85 bits per heavy atom. The Kier molecular flexibility index (Phi) is 5.81. The van der Waals surface area contributed by atoms with E-state index in [4.69, 9.17) is 11.6 Å². The molecule has 0 bridgehead atoms. The van der Waals surface area contributed by atoms with Gasteiger partial charge in [-0.2, -0.15) is 0 Å². The standard InChI is InChI=1S/C21H22ClN3O2/c1-14(2)12-25(21(27)24-19-10-6-4-8-17(19)22)13-15-11-20(26)23-18-9-5-3-7-16(15)18/h3-11,14H,12-13H2,1-2H3,(H,23,26)(H,24,27). The number of hydrogen-bond donors (Lipinski definition) is 2. The number of anilines is 1. The molecule has 0 radical (unpaired) electrons. The molecule has 0 unspecified atom stereocenters. The predicted molar refractivity (Wildman–Crippen MR) is 110 cm³/mol. The number of fused-ring (bicyclic) bond motifs is 1. The van der Waals surface area contributed by atoms with E-state index in [9.17, 15) is 9.59 Å². The molecule has 3 aromatic rings. The zero-order valence-electron chi connectivity index (χ0n) is 15.3. The zero-order valence-corrected chi connectivity index (χ0v) is 16.1. The molecular formula is C21H22ClN3O2. The molecule has 2 amide bonds. The number of rotatable bonds is 5. The van der Waals surface area contributed by atoms with E-state index in [1.807, 2.05) is 50.2 Å². The first kappa shape index (κ1) is 19.0. The average molecular weight is 384 g/mol. The lowest BCUT2D eigenvalue weighted by Crippen LogP contribution is -2.37. The van der Waals surface area contributed by atoms with Gasteiger partial charge in [0, 0.05) is 30.1 Å². The number of hydrogen-bond acceptors (Lipinski definition) is 2. The highest BCUT2D eigenvalue weighted by molar-refractivity contribution is 6.33. The van der Waals surface area contributed by atoms with E-state index >= 15 is 0 Å². The molecule has 0 aliphatic rings. The van der Waals surface area contributed by atoms with Crippen molar-refractivity contribution in [2.24, 2.45) is 5.92 Å². The van der Waals surface area contributed by atoms with Crippen molar-refractivity contribution in [2.45, 2.75) is 20.4 Å². The van der Waals surface area contributed by atoms with E-state index in [0.717, 1.165) is 16.5 Å². The number of aromatic nitrogens is 1. The second-order valence-electron chi connectivity index (χ2n) is 6.89. The highest BCUT2D eigenvalue weighted by Crippen LogP contribution is 2.22. The molecule has 1 heterocycles. The summed E-state index contributed by atoms with van der Waals surface area (Å²) in [6, 6.07) is 16.0. The Bertz CT molecular complexity index is 1010. The van der Waals surface area contributed by atoms with Crippen LogP contribution in [0.4, 0.5) is 10.5 Å². The molecule has 0 aliphatic carbocycles. The quantitative estimate of drug-likeness (QED) is 0.660. The number of carbonyl (C=O) groups excluding carboxylic acids is 1. The maximum atomic E-state index is 12.9. The second kappa shape index (κ2) is 8.27. The number of halogens is 1. The molecule has 3 rings (SSSR count). The number of urea groups is 1. The van der Waals surface area contributed by atoms with Gasteiger partial charge in [-0.05, 0) is 29.7 Å². The molecule has 0 spiro atoms. The van der Waals surface area contributed by atoms with Crippen molar-refractivity contribution in [2.75, 3.05) is 11.9 Å². The smallest absolute Gasteiger partial charge is 0.322 e. The van der Waals surface area contributed by atoms with Gasteiger partial charge in [-0.3, -0.25) is 4.79 Å². The summed E-state index contributed by atoms with van der Waals surface area (Å²) in [5, 5.41) is 4.28. The van der Waals surface area contributed by atoms with Crippen LogP contribution in [-0.4, -0.2) is 22.5 Å². The van der Waals surface area contributed by atoms with Gasteiger partial charge in [0.15, 0.2) is 0 Å². The number of pyridine rings is 1. The van der Waals surface area contributed by atoms with Crippen LogP contribution in [0.2, 0.25) is 5.02 Å². The molecule has 0 fully saturated rings. The molecule has 140 valence electrons. The number of amides is 2. The number of aromatic amines is 1. The van der Waals surface area contributed by atoms with Crippen LogP contribution in [0.3, 0.4) is 0 Å². The lowest BCUT2D eigenvalue weighted by atomic mass is 10.1. The van der Waals surface area contributed by atoms with Crippen LogP contribution in [0.25, 0.3) is 10.9 Å². The molecule has 0 saturated heterocycles. The van der Waals surface area contributed by atoms with Gasteiger partial charge in [0.1, 0.15) is 0 Å². The predicted octanol–water partition coefficient (Wildman–Crippen LogP) is 4.87. The first-order chi connectivity index (χ1) is 12.9. The fraction of sp³-hybridized carbons (Fsp3) is 0.238. The third-order valence-electron chi connectivity index (χ3n) is 4.19. The van der Waals surface area contributed by atoms with Gasteiger partial charge >= 0.3 is 6.03 Å². The summed E-state index contributed by atoms with van der Waals surface area (Å²) in [6.07, 6.45) is 0. The Morgan fingerprint density at radius 3 is 2.59 bits per heavy atom. The number of nitrogens with zero attached hydrogens (tertiary/aromatic N) is 1. The highest BCUT2D eigenvalue weighted by atomic mass is 35.5. The molecule has 0 aliphatic heterocycles. The van der Waals surface area contributed by atoms with Gasteiger partial charge in [0.25, 0.3) is 0 Å². The fourth-order valence-electron chi connectivity index (χ4n) is 3.03. The maximum Gasteiger partial charge on any atom is 0.322 e. The van der Waals surface area contributed by atoms with Crippen LogP contribution in [0.5, 0.6) is 0 Å². The van der Waals surface area contributed by atoms with Crippen LogP contribution >= 0.6 is 11.6 Å².